The van der Waals surface area contributed by atoms with Crippen LogP contribution in [0.1, 0.15) is 26.3 Å². The number of rotatable bonds is 2. The molecule has 18 heavy (non-hydrogen) atoms. The van der Waals surface area contributed by atoms with Gasteiger partial charge in [-0.1, -0.05) is 13.8 Å². The van der Waals surface area contributed by atoms with Gasteiger partial charge in [-0.3, -0.25) is 4.79 Å². The molecule has 0 bridgehead atoms. The lowest BCUT2D eigenvalue weighted by molar-refractivity contribution is -0.112. The number of hydrogen-bond donors (Lipinski definition) is 1. The van der Waals surface area contributed by atoms with E-state index in [4.69, 9.17) is 4.74 Å². The van der Waals surface area contributed by atoms with E-state index in [0.29, 0.717) is 6.61 Å². The number of anilines is 1. The van der Waals surface area contributed by atoms with Crippen LogP contribution in [-0.4, -0.2) is 23.9 Å². The molecule has 1 aliphatic rings. The van der Waals surface area contributed by atoms with Crippen LogP contribution < -0.4 is 10.1 Å². The highest BCUT2D eigenvalue weighted by Gasteiger charge is 2.24. The Labute approximate surface area is 107 Å². The first-order valence-electron chi connectivity index (χ1n) is 6.02. The third-order valence-electron chi connectivity index (χ3n) is 2.74. The molecule has 0 unspecified atom stereocenters. The second-order valence-corrected chi connectivity index (χ2v) is 5.37. The molecule has 0 saturated heterocycles. The number of ether oxygens (including phenoxy) is 1. The number of carbonyl (C=O) groups excluding carboxylic acids is 1. The number of pyridine rings is 1. The van der Waals surface area contributed by atoms with Gasteiger partial charge in [-0.25, -0.2) is 4.98 Å². The van der Waals surface area contributed by atoms with Crippen LogP contribution in [0, 0.1) is 5.41 Å². The predicted molar refractivity (Wildman–Crippen MR) is 71.7 cm³/mol. The first kappa shape index (κ1) is 12.6. The standard InChI is InChI=1S/C14H18N2O2/c1-10(17)4-5-11-6-12-13(15-7-11)16-8-14(2,3)9-18-12/h4-7H,8-9H2,1-3H3,(H,15,16)/b5-4+. The zero-order valence-corrected chi connectivity index (χ0v) is 11.0. The maximum atomic E-state index is 10.9. The fourth-order valence-corrected chi connectivity index (χ4v) is 1.65. The molecule has 0 aromatic carbocycles. The van der Waals surface area contributed by atoms with Gasteiger partial charge in [-0.2, -0.15) is 0 Å². The quantitative estimate of drug-likeness (QED) is 0.815. The van der Waals surface area contributed by atoms with Crippen LogP contribution in [0.4, 0.5) is 5.82 Å². The Morgan fingerprint density at radius 3 is 3.06 bits per heavy atom. The van der Waals surface area contributed by atoms with Crippen molar-refractivity contribution in [3.8, 4) is 5.75 Å². The van der Waals surface area contributed by atoms with Gasteiger partial charge < -0.3 is 10.1 Å². The highest BCUT2D eigenvalue weighted by atomic mass is 16.5. The van der Waals surface area contributed by atoms with E-state index >= 15 is 0 Å². The smallest absolute Gasteiger partial charge is 0.168 e. The molecule has 1 aromatic heterocycles. The van der Waals surface area contributed by atoms with Crippen LogP contribution >= 0.6 is 0 Å². The number of ketones is 1. The molecule has 96 valence electrons. The lowest BCUT2D eigenvalue weighted by Crippen LogP contribution is -2.27. The topological polar surface area (TPSA) is 51.2 Å². The summed E-state index contributed by atoms with van der Waals surface area (Å²) >= 11 is 0. The Hall–Kier alpha value is -1.84. The fraction of sp³-hybridized carbons (Fsp3) is 0.429. The predicted octanol–water partition coefficient (Wildman–Crippen LogP) is 2.51. The van der Waals surface area contributed by atoms with Crippen molar-refractivity contribution in [1.29, 1.82) is 0 Å². The van der Waals surface area contributed by atoms with Crippen molar-refractivity contribution >= 4 is 17.7 Å². The molecule has 1 aromatic rings. The molecule has 0 spiro atoms. The average Bonchev–Trinajstić information content (AvgIpc) is 2.46. The molecule has 2 rings (SSSR count). The van der Waals surface area contributed by atoms with Gasteiger partial charge in [-0.05, 0) is 30.7 Å². The third kappa shape index (κ3) is 3.09. The van der Waals surface area contributed by atoms with Gasteiger partial charge in [0.15, 0.2) is 17.4 Å². The van der Waals surface area contributed by atoms with E-state index in [-0.39, 0.29) is 11.2 Å². The van der Waals surface area contributed by atoms with Crippen LogP contribution in [0.3, 0.4) is 0 Å². The number of fused-ring (bicyclic) bond motifs is 1. The minimum absolute atomic E-state index is 0.0186. The van der Waals surface area contributed by atoms with Crippen molar-refractivity contribution in [1.82, 2.24) is 4.98 Å². The molecule has 4 heteroatoms. The molecule has 0 radical (unpaired) electrons. The number of aromatic nitrogens is 1. The van der Waals surface area contributed by atoms with Gasteiger partial charge >= 0.3 is 0 Å². The zero-order chi connectivity index (χ0) is 13.2. The second-order valence-electron chi connectivity index (χ2n) is 5.37. The molecule has 0 amide bonds. The maximum Gasteiger partial charge on any atom is 0.168 e. The highest BCUT2D eigenvalue weighted by Crippen LogP contribution is 2.30. The highest BCUT2D eigenvalue weighted by molar-refractivity contribution is 5.91. The molecule has 4 nitrogen and oxygen atoms in total. The lowest BCUT2D eigenvalue weighted by Gasteiger charge is -2.20. The number of allylic oxidation sites excluding steroid dienone is 1. The van der Waals surface area contributed by atoms with E-state index in [2.05, 4.69) is 24.1 Å². The molecule has 0 aliphatic carbocycles. The largest absolute Gasteiger partial charge is 0.489 e. The van der Waals surface area contributed by atoms with E-state index in [1.807, 2.05) is 6.07 Å². The van der Waals surface area contributed by atoms with Gasteiger partial charge in [0.1, 0.15) is 0 Å². The number of nitrogens with one attached hydrogen (secondary N) is 1. The fourth-order valence-electron chi connectivity index (χ4n) is 1.65. The van der Waals surface area contributed by atoms with E-state index in [1.54, 1.807) is 12.3 Å². The summed E-state index contributed by atoms with van der Waals surface area (Å²) < 4.78 is 5.77. The monoisotopic (exact) mass is 246 g/mol. The molecule has 2 heterocycles. The van der Waals surface area contributed by atoms with E-state index < -0.39 is 0 Å². The van der Waals surface area contributed by atoms with Gasteiger partial charge in [0, 0.05) is 18.2 Å². The first-order valence-corrected chi connectivity index (χ1v) is 6.02. The zero-order valence-electron chi connectivity index (χ0n) is 11.0. The van der Waals surface area contributed by atoms with Crippen LogP contribution in [0.15, 0.2) is 18.3 Å². The Morgan fingerprint density at radius 1 is 1.56 bits per heavy atom. The van der Waals surface area contributed by atoms with Crippen LogP contribution in [-0.2, 0) is 4.79 Å². The summed E-state index contributed by atoms with van der Waals surface area (Å²) in [5, 5.41) is 3.28. The van der Waals surface area contributed by atoms with Crippen molar-refractivity contribution in [3.05, 3.63) is 23.9 Å². The van der Waals surface area contributed by atoms with E-state index in [1.165, 1.54) is 13.0 Å². The Balaban J connectivity index is 2.23. The van der Waals surface area contributed by atoms with E-state index in [0.717, 1.165) is 23.7 Å². The molecule has 0 saturated carbocycles. The molecular formula is C14H18N2O2. The van der Waals surface area contributed by atoms with E-state index in [9.17, 15) is 4.79 Å². The van der Waals surface area contributed by atoms with Crippen molar-refractivity contribution in [2.24, 2.45) is 5.41 Å². The molecular weight excluding hydrogens is 228 g/mol. The lowest BCUT2D eigenvalue weighted by atomic mass is 9.95. The van der Waals surface area contributed by atoms with Crippen molar-refractivity contribution < 1.29 is 9.53 Å². The second kappa shape index (κ2) is 4.80. The van der Waals surface area contributed by atoms with Crippen molar-refractivity contribution in [2.45, 2.75) is 20.8 Å². The number of nitrogens with zero attached hydrogens (tertiary/aromatic N) is 1. The summed E-state index contributed by atoms with van der Waals surface area (Å²) in [6.07, 6.45) is 5.00. The Morgan fingerprint density at radius 2 is 2.33 bits per heavy atom. The molecule has 0 fully saturated rings. The number of carbonyl (C=O) groups is 1. The van der Waals surface area contributed by atoms with Crippen molar-refractivity contribution in [2.75, 3.05) is 18.5 Å². The van der Waals surface area contributed by atoms with Gasteiger partial charge in [0.25, 0.3) is 0 Å². The maximum absolute atomic E-state index is 10.9. The van der Waals surface area contributed by atoms with Crippen LogP contribution in [0.2, 0.25) is 0 Å². The summed E-state index contributed by atoms with van der Waals surface area (Å²) in [5.41, 5.74) is 0.946. The molecule has 1 N–H and O–H groups in total. The SMILES string of the molecule is CC(=O)/C=C/c1cnc2c(c1)OCC(C)(C)CN2. The molecule has 0 atom stereocenters. The minimum atomic E-state index is 0.0186. The van der Waals surface area contributed by atoms with Crippen molar-refractivity contribution in [3.63, 3.8) is 0 Å². The Kier molecular flexibility index (Phi) is 3.36. The third-order valence-corrected chi connectivity index (χ3v) is 2.74. The normalized spacial score (nSPS) is 17.5. The summed E-state index contributed by atoms with van der Waals surface area (Å²) in [5.74, 6) is 1.52. The summed E-state index contributed by atoms with van der Waals surface area (Å²) in [7, 11) is 0. The van der Waals surface area contributed by atoms with Crippen LogP contribution in [0.5, 0.6) is 5.75 Å². The van der Waals surface area contributed by atoms with Gasteiger partial charge in [-0.15, -0.1) is 0 Å². The van der Waals surface area contributed by atoms with Crippen LogP contribution in [0.25, 0.3) is 6.08 Å². The molecule has 1 aliphatic heterocycles. The average molecular weight is 246 g/mol. The van der Waals surface area contributed by atoms with Gasteiger partial charge in [0.2, 0.25) is 0 Å². The number of hydrogen-bond acceptors (Lipinski definition) is 4. The Bertz CT molecular complexity index is 493. The summed E-state index contributed by atoms with van der Waals surface area (Å²) in [6.45, 7) is 7.28. The summed E-state index contributed by atoms with van der Waals surface area (Å²) in [6, 6.07) is 1.90. The van der Waals surface area contributed by atoms with Gasteiger partial charge in [0.05, 0.1) is 6.61 Å². The minimum Gasteiger partial charge on any atom is -0.489 e. The summed E-state index contributed by atoms with van der Waals surface area (Å²) in [4.78, 5) is 15.2. The first-order chi connectivity index (χ1) is 8.46.